The van der Waals surface area contributed by atoms with Gasteiger partial charge in [0.2, 0.25) is 0 Å². The monoisotopic (exact) mass is 303 g/mol. The zero-order valence-corrected chi connectivity index (χ0v) is 11.0. The first-order valence-corrected chi connectivity index (χ1v) is 6.05. The first kappa shape index (κ1) is 14.6. The van der Waals surface area contributed by atoms with E-state index in [4.69, 9.17) is 11.6 Å². The first-order valence-electron chi connectivity index (χ1n) is 5.67. The third kappa shape index (κ3) is 2.85. The highest BCUT2D eigenvalue weighted by molar-refractivity contribution is 6.31. The van der Waals surface area contributed by atoms with Gasteiger partial charge in [0.05, 0.1) is 17.7 Å². The van der Waals surface area contributed by atoms with Crippen molar-refractivity contribution in [2.45, 2.75) is 13.1 Å². The summed E-state index contributed by atoms with van der Waals surface area (Å²) in [6, 6.07) is 5.32. The molecule has 0 atom stereocenters. The number of fused-ring (bicyclic) bond motifs is 1. The van der Waals surface area contributed by atoms with Gasteiger partial charge in [0.15, 0.2) is 5.69 Å². The molecule has 0 aliphatic carbocycles. The number of nitrogens with zero attached hydrogens (tertiary/aromatic N) is 1. The fourth-order valence-corrected chi connectivity index (χ4v) is 1.91. The minimum Gasteiger partial charge on any atom is -0.462 e. The molecular formula is C13H9ClF3NO2. The summed E-state index contributed by atoms with van der Waals surface area (Å²) in [5.41, 5.74) is -1.77. The molecule has 2 rings (SSSR count). The van der Waals surface area contributed by atoms with Gasteiger partial charge in [-0.25, -0.2) is 9.78 Å². The summed E-state index contributed by atoms with van der Waals surface area (Å²) in [7, 11) is 0. The Morgan fingerprint density at radius 3 is 2.65 bits per heavy atom. The predicted octanol–water partition coefficient (Wildman–Crippen LogP) is 4.08. The number of ether oxygens (including phenoxy) is 1. The van der Waals surface area contributed by atoms with Gasteiger partial charge in [0.25, 0.3) is 0 Å². The molecule has 0 saturated carbocycles. The van der Waals surface area contributed by atoms with E-state index in [0.717, 1.165) is 6.07 Å². The molecule has 0 unspecified atom stereocenters. The number of hydrogen-bond acceptors (Lipinski definition) is 3. The summed E-state index contributed by atoms with van der Waals surface area (Å²) in [5.74, 6) is -1.06. The van der Waals surface area contributed by atoms with E-state index in [1.807, 2.05) is 0 Å². The number of alkyl halides is 3. The van der Waals surface area contributed by atoms with Gasteiger partial charge < -0.3 is 4.74 Å². The van der Waals surface area contributed by atoms with Crippen LogP contribution in [0.5, 0.6) is 0 Å². The molecule has 0 aliphatic rings. The Morgan fingerprint density at radius 1 is 1.35 bits per heavy atom. The lowest BCUT2D eigenvalue weighted by Crippen LogP contribution is -2.17. The second-order valence-electron chi connectivity index (χ2n) is 3.94. The Hall–Kier alpha value is -1.82. The summed E-state index contributed by atoms with van der Waals surface area (Å²) in [6.07, 6.45) is -4.74. The second kappa shape index (κ2) is 5.28. The molecule has 20 heavy (non-hydrogen) atoms. The number of carbonyl (C=O) groups excluding carboxylic acids is 1. The molecule has 106 valence electrons. The number of rotatable bonds is 2. The van der Waals surface area contributed by atoms with E-state index in [1.165, 1.54) is 25.1 Å². The number of esters is 1. The van der Waals surface area contributed by atoms with Gasteiger partial charge in [0.1, 0.15) is 0 Å². The molecule has 0 fully saturated rings. The second-order valence-corrected chi connectivity index (χ2v) is 4.38. The van der Waals surface area contributed by atoms with Crippen molar-refractivity contribution in [1.82, 2.24) is 4.98 Å². The third-order valence-electron chi connectivity index (χ3n) is 2.54. The number of carbonyl (C=O) groups is 1. The van der Waals surface area contributed by atoms with Gasteiger partial charge in [-0.05, 0) is 31.2 Å². The summed E-state index contributed by atoms with van der Waals surface area (Å²) in [5, 5.41) is 0.683. The molecule has 1 aromatic carbocycles. The molecule has 0 spiro atoms. The number of aromatic nitrogens is 1. The Labute approximate surface area is 117 Å². The topological polar surface area (TPSA) is 39.2 Å². The zero-order valence-electron chi connectivity index (χ0n) is 10.3. The average Bonchev–Trinajstić information content (AvgIpc) is 2.36. The van der Waals surface area contributed by atoms with Crippen LogP contribution in [0, 0.1) is 0 Å². The van der Waals surface area contributed by atoms with Crippen LogP contribution in [0.4, 0.5) is 13.2 Å². The fourth-order valence-electron chi connectivity index (χ4n) is 1.73. The van der Waals surface area contributed by atoms with Crippen molar-refractivity contribution in [1.29, 1.82) is 0 Å². The van der Waals surface area contributed by atoms with Gasteiger partial charge in [-0.1, -0.05) is 11.6 Å². The molecule has 0 aliphatic heterocycles. The average molecular weight is 304 g/mol. The van der Waals surface area contributed by atoms with E-state index in [2.05, 4.69) is 9.72 Å². The zero-order chi connectivity index (χ0) is 14.9. The number of halogens is 4. The molecule has 0 saturated heterocycles. The molecule has 1 aromatic heterocycles. The highest BCUT2D eigenvalue weighted by Gasteiger charge is 2.38. The Kier molecular flexibility index (Phi) is 3.85. The fraction of sp³-hybridized carbons (Fsp3) is 0.231. The van der Waals surface area contributed by atoms with Crippen molar-refractivity contribution in [3.05, 3.63) is 40.5 Å². The van der Waals surface area contributed by atoms with E-state index in [1.54, 1.807) is 0 Å². The molecule has 3 nitrogen and oxygen atoms in total. The van der Waals surface area contributed by atoms with Crippen LogP contribution in [-0.2, 0) is 10.9 Å². The van der Waals surface area contributed by atoms with E-state index >= 15 is 0 Å². The lowest BCUT2D eigenvalue weighted by Gasteiger charge is -2.12. The molecule has 0 amide bonds. The van der Waals surface area contributed by atoms with E-state index in [0.29, 0.717) is 10.4 Å². The van der Waals surface area contributed by atoms with Crippen LogP contribution in [0.1, 0.15) is 23.0 Å². The lowest BCUT2D eigenvalue weighted by molar-refractivity contribution is -0.141. The molecule has 0 bridgehead atoms. The summed E-state index contributed by atoms with van der Waals surface area (Å²) in [4.78, 5) is 15.2. The van der Waals surface area contributed by atoms with Crippen LogP contribution in [0.3, 0.4) is 0 Å². The quantitative estimate of drug-likeness (QED) is 0.785. The molecule has 0 radical (unpaired) electrons. The highest BCUT2D eigenvalue weighted by atomic mass is 35.5. The predicted molar refractivity (Wildman–Crippen MR) is 67.7 cm³/mol. The normalized spacial score (nSPS) is 11.7. The van der Waals surface area contributed by atoms with E-state index in [9.17, 15) is 18.0 Å². The van der Waals surface area contributed by atoms with Crippen LogP contribution in [-0.4, -0.2) is 17.6 Å². The van der Waals surface area contributed by atoms with Crippen molar-refractivity contribution < 1.29 is 22.7 Å². The number of hydrogen-bond donors (Lipinski definition) is 0. The molecule has 0 N–H and O–H groups in total. The van der Waals surface area contributed by atoms with E-state index in [-0.39, 0.29) is 12.1 Å². The minimum absolute atomic E-state index is 0.0241. The van der Waals surface area contributed by atoms with Gasteiger partial charge in [-0.2, -0.15) is 13.2 Å². The third-order valence-corrected chi connectivity index (χ3v) is 2.78. The van der Waals surface area contributed by atoms with E-state index < -0.39 is 23.4 Å². The first-order chi connectivity index (χ1) is 9.32. The van der Waals surface area contributed by atoms with Crippen LogP contribution in [0.2, 0.25) is 5.02 Å². The summed E-state index contributed by atoms with van der Waals surface area (Å²) < 4.78 is 43.5. The van der Waals surface area contributed by atoms with Crippen molar-refractivity contribution in [3.63, 3.8) is 0 Å². The maximum Gasteiger partial charge on any atom is 0.434 e. The van der Waals surface area contributed by atoms with Crippen LogP contribution in [0.15, 0.2) is 24.3 Å². The van der Waals surface area contributed by atoms with Crippen molar-refractivity contribution >= 4 is 28.5 Å². The molecule has 7 heteroatoms. The Morgan fingerprint density at radius 2 is 2.05 bits per heavy atom. The van der Waals surface area contributed by atoms with Gasteiger partial charge in [-0.3, -0.25) is 0 Å². The minimum atomic E-state index is -4.74. The lowest BCUT2D eigenvalue weighted by atomic mass is 10.1. The number of pyridine rings is 1. The standard InChI is InChI=1S/C13H9ClF3NO2/c1-2-20-12(19)9-6-7-5-8(14)3-4-10(7)18-11(9)13(15,16)17/h3-6H,2H2,1H3. The smallest absolute Gasteiger partial charge is 0.434 e. The maximum absolute atomic E-state index is 13.0. The highest BCUT2D eigenvalue weighted by Crippen LogP contribution is 2.33. The van der Waals surface area contributed by atoms with Crippen molar-refractivity contribution in [2.75, 3.05) is 6.61 Å². The Bertz CT molecular complexity index is 670. The van der Waals surface area contributed by atoms with Crippen molar-refractivity contribution in [2.24, 2.45) is 0 Å². The van der Waals surface area contributed by atoms with Crippen LogP contribution >= 0.6 is 11.6 Å². The summed E-state index contributed by atoms with van der Waals surface area (Å²) in [6.45, 7) is 1.49. The van der Waals surface area contributed by atoms with Crippen LogP contribution < -0.4 is 0 Å². The SMILES string of the molecule is CCOC(=O)c1cc2cc(Cl)ccc2nc1C(F)(F)F. The summed E-state index contributed by atoms with van der Waals surface area (Å²) >= 11 is 5.78. The van der Waals surface area contributed by atoms with Gasteiger partial charge >= 0.3 is 12.1 Å². The largest absolute Gasteiger partial charge is 0.462 e. The van der Waals surface area contributed by atoms with Gasteiger partial charge in [-0.15, -0.1) is 0 Å². The number of benzene rings is 1. The molecule has 2 aromatic rings. The molecule has 1 heterocycles. The van der Waals surface area contributed by atoms with Crippen molar-refractivity contribution in [3.8, 4) is 0 Å². The maximum atomic E-state index is 13.0. The molecular weight excluding hydrogens is 295 g/mol. The van der Waals surface area contributed by atoms with Crippen LogP contribution in [0.25, 0.3) is 10.9 Å². The van der Waals surface area contributed by atoms with Gasteiger partial charge in [0, 0.05) is 10.4 Å². The Balaban J connectivity index is 2.70.